The van der Waals surface area contributed by atoms with Crippen LogP contribution in [0.25, 0.3) is 0 Å². The molecule has 106 valence electrons. The smallest absolute Gasteiger partial charge is 0.169 e. The Hall–Kier alpha value is -1.59. The lowest BCUT2D eigenvalue weighted by Crippen LogP contribution is -2.35. The van der Waals surface area contributed by atoms with E-state index in [4.69, 9.17) is 17.0 Å². The van der Waals surface area contributed by atoms with Gasteiger partial charge in [-0.05, 0) is 41.4 Å². The van der Waals surface area contributed by atoms with E-state index in [0.717, 1.165) is 24.0 Å². The molecule has 3 nitrogen and oxygen atoms in total. The van der Waals surface area contributed by atoms with Gasteiger partial charge in [0.05, 0.1) is 13.7 Å². The highest BCUT2D eigenvalue weighted by Gasteiger charge is 2.05. The van der Waals surface area contributed by atoms with Gasteiger partial charge in [-0.1, -0.05) is 18.2 Å². The molecule has 1 N–H and O–H groups in total. The lowest BCUT2D eigenvalue weighted by molar-refractivity contribution is 0.414. The zero-order chi connectivity index (χ0) is 14.4. The van der Waals surface area contributed by atoms with Crippen molar-refractivity contribution < 1.29 is 4.74 Å². The number of hydrogen-bond donors (Lipinski definition) is 1. The Labute approximate surface area is 129 Å². The van der Waals surface area contributed by atoms with Gasteiger partial charge < -0.3 is 15.0 Å². The second-order valence-corrected chi connectivity index (χ2v) is 5.86. The molecule has 0 aliphatic carbocycles. The zero-order valence-electron chi connectivity index (χ0n) is 11.6. The third-order valence-electron chi connectivity index (χ3n) is 2.92. The number of nitrogens with one attached hydrogen (secondary N) is 1. The molecule has 0 spiro atoms. The van der Waals surface area contributed by atoms with E-state index in [2.05, 4.69) is 22.8 Å². The van der Waals surface area contributed by atoms with Crippen LogP contribution < -0.4 is 10.1 Å². The highest BCUT2D eigenvalue weighted by Crippen LogP contribution is 2.12. The van der Waals surface area contributed by atoms with Crippen LogP contribution in [-0.4, -0.2) is 24.2 Å². The summed E-state index contributed by atoms with van der Waals surface area (Å²) in [5.74, 6) is 0.867. The predicted octanol–water partition coefficient (Wildman–Crippen LogP) is 3.26. The molecule has 0 atom stereocenters. The van der Waals surface area contributed by atoms with Gasteiger partial charge in [-0.3, -0.25) is 0 Å². The number of nitrogens with zero attached hydrogens (tertiary/aromatic N) is 1. The monoisotopic (exact) mass is 306 g/mol. The minimum Gasteiger partial charge on any atom is -0.497 e. The van der Waals surface area contributed by atoms with Crippen molar-refractivity contribution in [1.82, 2.24) is 10.2 Å². The largest absolute Gasteiger partial charge is 0.497 e. The molecule has 0 amide bonds. The summed E-state index contributed by atoms with van der Waals surface area (Å²) >= 11 is 7.14. The standard InChI is InChI=1S/C15H18N2OS2/c1-17(11-14-4-3-9-20-14)15(19)16-10-12-5-7-13(18-2)8-6-12/h3-9H,10-11H2,1-2H3,(H,16,19). The topological polar surface area (TPSA) is 24.5 Å². The van der Waals surface area contributed by atoms with E-state index in [9.17, 15) is 0 Å². The van der Waals surface area contributed by atoms with E-state index in [1.807, 2.05) is 36.2 Å². The molecule has 0 aliphatic rings. The Balaban J connectivity index is 1.81. The summed E-state index contributed by atoms with van der Waals surface area (Å²) in [5, 5.41) is 6.11. The van der Waals surface area contributed by atoms with Crippen molar-refractivity contribution in [2.24, 2.45) is 0 Å². The first kappa shape index (κ1) is 14.8. The van der Waals surface area contributed by atoms with Crippen molar-refractivity contribution in [2.75, 3.05) is 14.2 Å². The zero-order valence-corrected chi connectivity index (χ0v) is 13.3. The summed E-state index contributed by atoms with van der Waals surface area (Å²) in [6, 6.07) is 12.2. The van der Waals surface area contributed by atoms with Crippen LogP contribution in [0, 0.1) is 0 Å². The van der Waals surface area contributed by atoms with Crippen molar-refractivity contribution >= 4 is 28.7 Å². The minimum absolute atomic E-state index is 0.720. The van der Waals surface area contributed by atoms with Crippen LogP contribution in [-0.2, 0) is 13.1 Å². The van der Waals surface area contributed by atoms with Gasteiger partial charge in [0.25, 0.3) is 0 Å². The molecule has 0 fully saturated rings. The SMILES string of the molecule is COc1ccc(CNC(=S)N(C)Cc2cccs2)cc1. The van der Waals surface area contributed by atoms with Gasteiger partial charge in [0.2, 0.25) is 0 Å². The molecule has 20 heavy (non-hydrogen) atoms. The van der Waals surface area contributed by atoms with Crippen molar-refractivity contribution in [1.29, 1.82) is 0 Å². The number of benzene rings is 1. The van der Waals surface area contributed by atoms with Crippen LogP contribution >= 0.6 is 23.6 Å². The van der Waals surface area contributed by atoms with Gasteiger partial charge in [0, 0.05) is 18.5 Å². The third kappa shape index (κ3) is 4.21. The maximum absolute atomic E-state index is 5.39. The molecule has 0 bridgehead atoms. The fourth-order valence-electron chi connectivity index (χ4n) is 1.76. The van der Waals surface area contributed by atoms with Gasteiger partial charge in [-0.25, -0.2) is 0 Å². The Morgan fingerprint density at radius 2 is 2.05 bits per heavy atom. The molecule has 0 unspecified atom stereocenters. The van der Waals surface area contributed by atoms with Crippen LogP contribution in [0.5, 0.6) is 5.75 Å². The summed E-state index contributed by atoms with van der Waals surface area (Å²) in [7, 11) is 3.67. The Bertz CT molecular complexity index is 538. The van der Waals surface area contributed by atoms with E-state index in [0.29, 0.717) is 0 Å². The number of hydrogen-bond acceptors (Lipinski definition) is 3. The minimum atomic E-state index is 0.720. The predicted molar refractivity (Wildman–Crippen MR) is 88.2 cm³/mol. The molecule has 0 saturated heterocycles. The van der Waals surface area contributed by atoms with E-state index >= 15 is 0 Å². The normalized spacial score (nSPS) is 10.1. The first-order valence-electron chi connectivity index (χ1n) is 6.33. The molecule has 0 radical (unpaired) electrons. The fourth-order valence-corrected chi connectivity index (χ4v) is 2.66. The quantitative estimate of drug-likeness (QED) is 0.857. The van der Waals surface area contributed by atoms with Gasteiger partial charge >= 0.3 is 0 Å². The van der Waals surface area contributed by atoms with Crippen molar-refractivity contribution in [2.45, 2.75) is 13.1 Å². The maximum Gasteiger partial charge on any atom is 0.169 e. The number of thiophene rings is 1. The molecule has 5 heteroatoms. The van der Waals surface area contributed by atoms with Crippen LogP contribution in [0.4, 0.5) is 0 Å². The van der Waals surface area contributed by atoms with Crippen molar-refractivity contribution in [3.63, 3.8) is 0 Å². The second-order valence-electron chi connectivity index (χ2n) is 4.44. The highest BCUT2D eigenvalue weighted by molar-refractivity contribution is 7.80. The second kappa shape index (κ2) is 7.26. The molecule has 1 aromatic heterocycles. The molecule has 0 aliphatic heterocycles. The molecule has 0 saturated carbocycles. The molecular weight excluding hydrogens is 288 g/mol. The summed E-state index contributed by atoms with van der Waals surface area (Å²) in [6.45, 7) is 1.56. The van der Waals surface area contributed by atoms with E-state index in [1.165, 1.54) is 10.4 Å². The number of rotatable bonds is 5. The Morgan fingerprint density at radius 3 is 2.65 bits per heavy atom. The molecular formula is C15H18N2OS2. The van der Waals surface area contributed by atoms with Crippen molar-refractivity contribution in [3.05, 3.63) is 52.2 Å². The number of thiocarbonyl (C=S) groups is 1. The first-order valence-corrected chi connectivity index (χ1v) is 7.62. The fraction of sp³-hybridized carbons (Fsp3) is 0.267. The van der Waals surface area contributed by atoms with E-state index in [-0.39, 0.29) is 0 Å². The van der Waals surface area contributed by atoms with Crippen LogP contribution in [0.1, 0.15) is 10.4 Å². The average molecular weight is 306 g/mol. The third-order valence-corrected chi connectivity index (χ3v) is 4.24. The summed E-state index contributed by atoms with van der Waals surface area (Å²) in [6.07, 6.45) is 0. The van der Waals surface area contributed by atoms with Gasteiger partial charge in [-0.2, -0.15) is 0 Å². The summed E-state index contributed by atoms with van der Waals surface area (Å²) in [5.41, 5.74) is 1.18. The van der Waals surface area contributed by atoms with Gasteiger partial charge in [-0.15, -0.1) is 11.3 Å². The lowest BCUT2D eigenvalue weighted by Gasteiger charge is -2.20. The number of ether oxygens (including phenoxy) is 1. The van der Waals surface area contributed by atoms with Gasteiger partial charge in [0.15, 0.2) is 5.11 Å². The summed E-state index contributed by atoms with van der Waals surface area (Å²) < 4.78 is 5.14. The van der Waals surface area contributed by atoms with E-state index < -0.39 is 0 Å². The average Bonchev–Trinajstić information content (AvgIpc) is 2.98. The molecule has 2 aromatic rings. The Morgan fingerprint density at radius 1 is 1.30 bits per heavy atom. The maximum atomic E-state index is 5.39. The molecule has 1 aromatic carbocycles. The summed E-state index contributed by atoms with van der Waals surface area (Å²) in [4.78, 5) is 3.35. The van der Waals surface area contributed by atoms with Crippen LogP contribution in [0.3, 0.4) is 0 Å². The first-order chi connectivity index (χ1) is 9.69. The highest BCUT2D eigenvalue weighted by atomic mass is 32.1. The van der Waals surface area contributed by atoms with Crippen LogP contribution in [0.2, 0.25) is 0 Å². The van der Waals surface area contributed by atoms with E-state index in [1.54, 1.807) is 18.4 Å². The van der Waals surface area contributed by atoms with Crippen LogP contribution in [0.15, 0.2) is 41.8 Å². The number of methoxy groups -OCH3 is 1. The van der Waals surface area contributed by atoms with Gasteiger partial charge in [0.1, 0.15) is 5.75 Å². The molecule has 2 rings (SSSR count). The lowest BCUT2D eigenvalue weighted by atomic mass is 10.2. The Kier molecular flexibility index (Phi) is 5.38. The molecule has 1 heterocycles. The van der Waals surface area contributed by atoms with Crippen molar-refractivity contribution in [3.8, 4) is 5.75 Å².